The Morgan fingerprint density at radius 1 is 1.56 bits per heavy atom. The van der Waals surface area contributed by atoms with E-state index in [1.807, 2.05) is 20.8 Å². The van der Waals surface area contributed by atoms with Crippen molar-refractivity contribution in [3.05, 3.63) is 23.2 Å². The van der Waals surface area contributed by atoms with Gasteiger partial charge in [0.15, 0.2) is 0 Å². The van der Waals surface area contributed by atoms with E-state index in [4.69, 9.17) is 22.4 Å². The zero-order valence-corrected chi connectivity index (χ0v) is 12.1. The smallest absolute Gasteiger partial charge is 0.257 e. The number of nitrogens with zero attached hydrogens (tertiary/aromatic N) is 1. The van der Waals surface area contributed by atoms with Crippen molar-refractivity contribution in [1.82, 2.24) is 4.90 Å². The summed E-state index contributed by atoms with van der Waals surface area (Å²) in [6, 6.07) is 1.77. The van der Waals surface area contributed by atoms with Gasteiger partial charge in [-0.2, -0.15) is 0 Å². The van der Waals surface area contributed by atoms with Gasteiger partial charge in [-0.15, -0.1) is 0 Å². The van der Waals surface area contributed by atoms with Crippen LogP contribution in [0.25, 0.3) is 0 Å². The number of hydrogen-bond acceptors (Lipinski definition) is 3. The first-order valence-corrected chi connectivity index (χ1v) is 6.43. The van der Waals surface area contributed by atoms with Crippen LogP contribution in [-0.2, 0) is 0 Å². The maximum absolute atomic E-state index is 12.3. The van der Waals surface area contributed by atoms with Crippen molar-refractivity contribution in [3.63, 3.8) is 0 Å². The van der Waals surface area contributed by atoms with Gasteiger partial charge in [0.05, 0.1) is 10.6 Å². The molecule has 0 saturated heterocycles. The number of carbonyl (C=O) groups excluding carboxylic acids is 1. The Labute approximate surface area is 113 Å². The monoisotopic (exact) mass is 268 g/mol. The Morgan fingerprint density at radius 3 is 2.56 bits per heavy atom. The zero-order chi connectivity index (χ0) is 13.9. The normalized spacial score (nSPS) is 12.2. The molecule has 1 rings (SSSR count). The first kappa shape index (κ1) is 14.7. The number of amides is 1. The van der Waals surface area contributed by atoms with E-state index in [-0.39, 0.29) is 11.8 Å². The maximum atomic E-state index is 12.3. The number of hydrogen-bond donors (Lipinski definition) is 1. The van der Waals surface area contributed by atoms with Crippen LogP contribution in [-0.4, -0.2) is 28.9 Å². The first-order chi connectivity index (χ1) is 8.36. The van der Waals surface area contributed by atoms with Crippen LogP contribution in [0.2, 0.25) is 0 Å². The number of aryl methyl sites for hydroxylation is 2. The lowest BCUT2D eigenvalue weighted by molar-refractivity contribution is 0.0753. The number of thiocarbonyl (C=S) groups is 1. The third-order valence-electron chi connectivity index (χ3n) is 2.92. The first-order valence-electron chi connectivity index (χ1n) is 6.02. The van der Waals surface area contributed by atoms with Gasteiger partial charge >= 0.3 is 0 Å². The van der Waals surface area contributed by atoms with E-state index in [0.717, 1.165) is 5.76 Å². The molecule has 0 radical (unpaired) electrons. The van der Waals surface area contributed by atoms with E-state index in [2.05, 4.69) is 0 Å². The summed E-state index contributed by atoms with van der Waals surface area (Å²) in [6.07, 6.45) is 0. The van der Waals surface area contributed by atoms with Crippen molar-refractivity contribution in [1.29, 1.82) is 0 Å². The second kappa shape index (κ2) is 6.00. The van der Waals surface area contributed by atoms with Crippen LogP contribution in [0.4, 0.5) is 0 Å². The molecule has 2 N–H and O–H groups in total. The van der Waals surface area contributed by atoms with E-state index < -0.39 is 0 Å². The molecule has 18 heavy (non-hydrogen) atoms. The highest BCUT2D eigenvalue weighted by atomic mass is 32.1. The van der Waals surface area contributed by atoms with Crippen molar-refractivity contribution >= 4 is 23.1 Å². The van der Waals surface area contributed by atoms with Gasteiger partial charge in [0.2, 0.25) is 0 Å². The fourth-order valence-corrected chi connectivity index (χ4v) is 1.86. The molecule has 4 nitrogen and oxygen atoms in total. The fourth-order valence-electron chi connectivity index (χ4n) is 1.79. The summed E-state index contributed by atoms with van der Waals surface area (Å²) in [6.45, 7) is 8.64. The largest absolute Gasteiger partial charge is 0.466 e. The SMILES string of the molecule is CCN(CC(C)C(N)=S)C(=O)c1cc(C)oc1C. The molecule has 1 aromatic rings. The molecule has 1 unspecified atom stereocenters. The van der Waals surface area contributed by atoms with E-state index in [1.165, 1.54) is 0 Å². The minimum atomic E-state index is -0.0325. The number of carbonyl (C=O) groups is 1. The zero-order valence-electron chi connectivity index (χ0n) is 11.3. The summed E-state index contributed by atoms with van der Waals surface area (Å²) in [5.41, 5.74) is 6.20. The second-order valence-corrected chi connectivity index (χ2v) is 4.95. The van der Waals surface area contributed by atoms with Crippen LogP contribution in [0, 0.1) is 19.8 Å². The highest BCUT2D eigenvalue weighted by molar-refractivity contribution is 7.80. The van der Waals surface area contributed by atoms with Gasteiger partial charge in [-0.05, 0) is 26.8 Å². The van der Waals surface area contributed by atoms with E-state index in [0.29, 0.717) is 29.4 Å². The Kier molecular flexibility index (Phi) is 4.90. The summed E-state index contributed by atoms with van der Waals surface area (Å²) in [4.78, 5) is 14.5. The molecule has 1 atom stereocenters. The van der Waals surface area contributed by atoms with Gasteiger partial charge < -0.3 is 15.1 Å². The van der Waals surface area contributed by atoms with Crippen LogP contribution in [0.5, 0.6) is 0 Å². The highest BCUT2D eigenvalue weighted by Crippen LogP contribution is 2.16. The third-order valence-corrected chi connectivity index (χ3v) is 3.32. The minimum Gasteiger partial charge on any atom is -0.466 e. The summed E-state index contributed by atoms with van der Waals surface area (Å²) < 4.78 is 5.38. The molecule has 0 fully saturated rings. The molecule has 0 aliphatic rings. The molecular formula is C13H20N2O2S. The van der Waals surface area contributed by atoms with Crippen molar-refractivity contribution in [3.8, 4) is 0 Å². The number of nitrogens with two attached hydrogens (primary N) is 1. The predicted octanol–water partition coefficient (Wildman–Crippen LogP) is 2.28. The maximum Gasteiger partial charge on any atom is 0.257 e. The van der Waals surface area contributed by atoms with Crippen molar-refractivity contribution in [2.75, 3.05) is 13.1 Å². The molecular weight excluding hydrogens is 248 g/mol. The molecule has 1 aromatic heterocycles. The van der Waals surface area contributed by atoms with Crippen LogP contribution >= 0.6 is 12.2 Å². The molecule has 1 amide bonds. The van der Waals surface area contributed by atoms with Crippen LogP contribution < -0.4 is 5.73 Å². The van der Waals surface area contributed by atoms with Gasteiger partial charge in [0.1, 0.15) is 11.5 Å². The average molecular weight is 268 g/mol. The number of rotatable bonds is 5. The summed E-state index contributed by atoms with van der Waals surface area (Å²) in [5, 5.41) is 0. The van der Waals surface area contributed by atoms with Crippen molar-refractivity contribution < 1.29 is 9.21 Å². The predicted molar refractivity (Wildman–Crippen MR) is 75.7 cm³/mol. The Bertz CT molecular complexity index is 454. The molecule has 5 heteroatoms. The quantitative estimate of drug-likeness (QED) is 0.832. The van der Waals surface area contributed by atoms with Crippen LogP contribution in [0.1, 0.15) is 35.7 Å². The Balaban J connectivity index is 2.86. The van der Waals surface area contributed by atoms with E-state index in [9.17, 15) is 4.79 Å². The topological polar surface area (TPSA) is 59.5 Å². The second-order valence-electron chi connectivity index (χ2n) is 4.47. The summed E-state index contributed by atoms with van der Waals surface area (Å²) in [5.74, 6) is 1.38. The number of furan rings is 1. The van der Waals surface area contributed by atoms with Crippen molar-refractivity contribution in [2.45, 2.75) is 27.7 Å². The van der Waals surface area contributed by atoms with Gasteiger partial charge in [-0.1, -0.05) is 19.1 Å². The third kappa shape index (κ3) is 3.32. The molecule has 1 heterocycles. The van der Waals surface area contributed by atoms with Gasteiger partial charge in [-0.25, -0.2) is 0 Å². The lowest BCUT2D eigenvalue weighted by Gasteiger charge is -2.23. The molecule has 0 aliphatic heterocycles. The lowest BCUT2D eigenvalue weighted by Crippen LogP contribution is -2.38. The molecule has 0 spiro atoms. The fraction of sp³-hybridized carbons (Fsp3) is 0.538. The van der Waals surface area contributed by atoms with Crippen LogP contribution in [0.15, 0.2) is 10.5 Å². The standard InChI is InChI=1S/C13H20N2O2S/c1-5-15(7-8(2)12(14)18)13(16)11-6-9(3)17-10(11)4/h6,8H,5,7H2,1-4H3,(H2,14,18). The highest BCUT2D eigenvalue weighted by Gasteiger charge is 2.21. The molecule has 0 aromatic carbocycles. The van der Waals surface area contributed by atoms with Gasteiger partial charge in [0.25, 0.3) is 5.91 Å². The summed E-state index contributed by atoms with van der Waals surface area (Å²) >= 11 is 4.94. The Morgan fingerprint density at radius 2 is 2.17 bits per heavy atom. The minimum absolute atomic E-state index is 0.0113. The molecule has 100 valence electrons. The Hall–Kier alpha value is -1.36. The molecule has 0 aliphatic carbocycles. The van der Waals surface area contributed by atoms with Crippen molar-refractivity contribution in [2.24, 2.45) is 11.7 Å². The average Bonchev–Trinajstić information content (AvgIpc) is 2.63. The van der Waals surface area contributed by atoms with Crippen LogP contribution in [0.3, 0.4) is 0 Å². The molecule has 0 bridgehead atoms. The van der Waals surface area contributed by atoms with Gasteiger partial charge in [-0.3, -0.25) is 4.79 Å². The van der Waals surface area contributed by atoms with Gasteiger partial charge in [0, 0.05) is 19.0 Å². The lowest BCUT2D eigenvalue weighted by atomic mass is 10.1. The van der Waals surface area contributed by atoms with E-state index in [1.54, 1.807) is 17.9 Å². The summed E-state index contributed by atoms with van der Waals surface area (Å²) in [7, 11) is 0. The molecule has 0 saturated carbocycles. The van der Waals surface area contributed by atoms with E-state index >= 15 is 0 Å².